The van der Waals surface area contributed by atoms with Crippen molar-refractivity contribution in [2.24, 2.45) is 5.73 Å². The van der Waals surface area contributed by atoms with Crippen molar-refractivity contribution in [3.8, 4) is 0 Å². The lowest BCUT2D eigenvalue weighted by atomic mass is 10.0. The number of aromatic nitrogens is 1. The number of hydrogen-bond donors (Lipinski definition) is 6. The first-order chi connectivity index (χ1) is 21.7. The standard InChI is InChI=1S/C34H39N5O5S/c1-45-17-16-28(34(43)44)37-32(41)30(19-23-12-6-3-7-13-23)39-33(42)29(18-22-10-4-2-5-11-22)38-31(40)26(35)20-24-21-36-27-15-9-8-14-25(24)27/h2-15,21,26,28-30,36H,16-20,35H2,1H3,(H,37,41)(H,38,40)(H,39,42)(H,43,44). The summed E-state index contributed by atoms with van der Waals surface area (Å²) in [5.41, 5.74) is 9.73. The van der Waals surface area contributed by atoms with Crippen molar-refractivity contribution in [3.63, 3.8) is 0 Å². The molecule has 0 saturated heterocycles. The second kappa shape index (κ2) is 16.5. The number of rotatable bonds is 16. The Morgan fingerprint density at radius 3 is 1.80 bits per heavy atom. The van der Waals surface area contributed by atoms with Crippen molar-refractivity contribution < 1.29 is 24.3 Å². The van der Waals surface area contributed by atoms with Gasteiger partial charge in [0, 0.05) is 29.9 Å². The van der Waals surface area contributed by atoms with Crippen molar-refractivity contribution in [2.45, 2.75) is 49.9 Å². The number of carboxylic acids is 1. The molecule has 4 atom stereocenters. The van der Waals surface area contributed by atoms with Gasteiger partial charge in [0.15, 0.2) is 0 Å². The molecule has 1 heterocycles. The summed E-state index contributed by atoms with van der Waals surface area (Å²) < 4.78 is 0. The summed E-state index contributed by atoms with van der Waals surface area (Å²) in [6.45, 7) is 0. The molecule has 7 N–H and O–H groups in total. The highest BCUT2D eigenvalue weighted by atomic mass is 32.2. The van der Waals surface area contributed by atoms with E-state index in [9.17, 15) is 24.3 Å². The van der Waals surface area contributed by atoms with Crippen LogP contribution < -0.4 is 21.7 Å². The second-order valence-corrected chi connectivity index (χ2v) is 11.8. The molecule has 11 heteroatoms. The molecule has 10 nitrogen and oxygen atoms in total. The summed E-state index contributed by atoms with van der Waals surface area (Å²) in [5, 5.41) is 18.8. The summed E-state index contributed by atoms with van der Waals surface area (Å²) >= 11 is 1.47. The average Bonchev–Trinajstić information content (AvgIpc) is 3.45. The fourth-order valence-electron chi connectivity index (χ4n) is 5.06. The van der Waals surface area contributed by atoms with E-state index >= 15 is 0 Å². The van der Waals surface area contributed by atoms with Crippen LogP contribution in [0.5, 0.6) is 0 Å². The third kappa shape index (κ3) is 9.69. The average molecular weight is 630 g/mol. The molecule has 0 aliphatic carbocycles. The molecule has 45 heavy (non-hydrogen) atoms. The topological polar surface area (TPSA) is 166 Å². The number of carbonyl (C=O) groups excluding carboxylic acids is 3. The Morgan fingerprint density at radius 1 is 0.733 bits per heavy atom. The van der Waals surface area contributed by atoms with E-state index in [1.807, 2.05) is 97.4 Å². The van der Waals surface area contributed by atoms with E-state index < -0.39 is 47.9 Å². The van der Waals surface area contributed by atoms with Gasteiger partial charge in [-0.15, -0.1) is 0 Å². The minimum absolute atomic E-state index is 0.124. The lowest BCUT2D eigenvalue weighted by Gasteiger charge is -2.25. The number of carbonyl (C=O) groups is 4. The maximum absolute atomic E-state index is 13.8. The minimum Gasteiger partial charge on any atom is -0.480 e. The van der Waals surface area contributed by atoms with Crippen LogP contribution in [-0.2, 0) is 38.4 Å². The zero-order chi connectivity index (χ0) is 32.2. The van der Waals surface area contributed by atoms with Gasteiger partial charge in [0.25, 0.3) is 0 Å². The van der Waals surface area contributed by atoms with Gasteiger partial charge in [-0.05, 0) is 47.6 Å². The van der Waals surface area contributed by atoms with Gasteiger partial charge in [-0.2, -0.15) is 11.8 Å². The number of aromatic amines is 1. The number of nitrogens with two attached hydrogens (primary N) is 1. The highest BCUT2D eigenvalue weighted by Gasteiger charge is 2.31. The maximum Gasteiger partial charge on any atom is 0.326 e. The molecule has 0 aliphatic heterocycles. The summed E-state index contributed by atoms with van der Waals surface area (Å²) in [4.78, 5) is 55.7. The lowest BCUT2D eigenvalue weighted by Crippen LogP contribution is -2.58. The number of hydrogen-bond acceptors (Lipinski definition) is 6. The molecule has 3 amide bonds. The summed E-state index contributed by atoms with van der Waals surface area (Å²) in [6.07, 6.45) is 4.44. The zero-order valence-corrected chi connectivity index (χ0v) is 25.9. The van der Waals surface area contributed by atoms with E-state index in [1.165, 1.54) is 11.8 Å². The van der Waals surface area contributed by atoms with Gasteiger partial charge in [-0.1, -0.05) is 78.9 Å². The first kappa shape index (κ1) is 33.3. The van der Waals surface area contributed by atoms with Crippen LogP contribution in [0, 0.1) is 0 Å². The highest BCUT2D eigenvalue weighted by molar-refractivity contribution is 7.98. The number of benzene rings is 3. The quantitative estimate of drug-likeness (QED) is 0.111. The Balaban J connectivity index is 1.53. The molecule has 4 aromatic rings. The monoisotopic (exact) mass is 629 g/mol. The zero-order valence-electron chi connectivity index (χ0n) is 25.1. The number of aliphatic carboxylic acids is 1. The number of nitrogens with one attached hydrogen (secondary N) is 4. The molecule has 0 bridgehead atoms. The molecule has 0 radical (unpaired) electrons. The Bertz CT molecular complexity index is 1580. The van der Waals surface area contributed by atoms with Crippen LogP contribution in [0.15, 0.2) is 91.1 Å². The molecule has 0 aliphatic rings. The van der Waals surface area contributed by atoms with Crippen LogP contribution >= 0.6 is 11.8 Å². The van der Waals surface area contributed by atoms with Gasteiger partial charge in [0.05, 0.1) is 6.04 Å². The van der Waals surface area contributed by atoms with Crippen LogP contribution in [-0.4, -0.2) is 70.0 Å². The SMILES string of the molecule is CSCCC(NC(=O)C(Cc1ccccc1)NC(=O)C(Cc1ccccc1)NC(=O)C(N)Cc1c[nH]c2ccccc12)C(=O)O. The van der Waals surface area contributed by atoms with E-state index in [0.29, 0.717) is 5.75 Å². The molecular weight excluding hydrogens is 590 g/mol. The predicted octanol–water partition coefficient (Wildman–Crippen LogP) is 2.82. The van der Waals surface area contributed by atoms with Gasteiger partial charge in [-0.25, -0.2) is 4.79 Å². The van der Waals surface area contributed by atoms with E-state index in [-0.39, 0.29) is 25.7 Å². The smallest absolute Gasteiger partial charge is 0.326 e. The normalized spacial score (nSPS) is 13.7. The number of carboxylic acid groups (broad SMARTS) is 1. The third-order valence-corrected chi connectivity index (χ3v) is 8.15. The number of amides is 3. The van der Waals surface area contributed by atoms with E-state index in [0.717, 1.165) is 27.6 Å². The van der Waals surface area contributed by atoms with Gasteiger partial charge in [0.1, 0.15) is 18.1 Å². The molecular formula is C34H39N5O5S. The first-order valence-electron chi connectivity index (χ1n) is 14.8. The summed E-state index contributed by atoms with van der Waals surface area (Å²) in [7, 11) is 0. The van der Waals surface area contributed by atoms with Crippen molar-refractivity contribution in [3.05, 3.63) is 108 Å². The van der Waals surface area contributed by atoms with E-state index in [1.54, 1.807) is 0 Å². The molecule has 4 unspecified atom stereocenters. The summed E-state index contributed by atoms with van der Waals surface area (Å²) in [5.74, 6) is -2.33. The third-order valence-electron chi connectivity index (χ3n) is 7.51. The number of thioether (sulfide) groups is 1. The Labute approximate surface area is 266 Å². The van der Waals surface area contributed by atoms with Crippen molar-refractivity contribution in [1.29, 1.82) is 0 Å². The van der Waals surface area contributed by atoms with Gasteiger partial charge in [0.2, 0.25) is 17.7 Å². The fourth-order valence-corrected chi connectivity index (χ4v) is 5.54. The molecule has 1 aromatic heterocycles. The fraction of sp³-hybridized carbons (Fsp3) is 0.294. The predicted molar refractivity (Wildman–Crippen MR) is 177 cm³/mol. The van der Waals surface area contributed by atoms with Crippen LogP contribution in [0.25, 0.3) is 10.9 Å². The number of para-hydroxylation sites is 1. The maximum atomic E-state index is 13.8. The first-order valence-corrected chi connectivity index (χ1v) is 16.2. The Morgan fingerprint density at radius 2 is 1.24 bits per heavy atom. The lowest BCUT2D eigenvalue weighted by molar-refractivity contribution is -0.142. The number of H-pyrrole nitrogens is 1. The number of fused-ring (bicyclic) bond motifs is 1. The van der Waals surface area contributed by atoms with E-state index in [2.05, 4.69) is 20.9 Å². The molecule has 236 valence electrons. The summed E-state index contributed by atoms with van der Waals surface area (Å²) in [6, 6.07) is 21.9. The van der Waals surface area contributed by atoms with Gasteiger partial charge in [-0.3, -0.25) is 14.4 Å². The highest BCUT2D eigenvalue weighted by Crippen LogP contribution is 2.19. The van der Waals surface area contributed by atoms with Crippen molar-refractivity contribution >= 4 is 46.4 Å². The van der Waals surface area contributed by atoms with Crippen LogP contribution in [0.2, 0.25) is 0 Å². The molecule has 0 spiro atoms. The van der Waals surface area contributed by atoms with Crippen LogP contribution in [0.4, 0.5) is 0 Å². The minimum atomic E-state index is -1.15. The van der Waals surface area contributed by atoms with Crippen LogP contribution in [0.3, 0.4) is 0 Å². The van der Waals surface area contributed by atoms with Gasteiger partial charge < -0.3 is 31.8 Å². The Hall–Kier alpha value is -4.61. The van der Waals surface area contributed by atoms with Crippen LogP contribution in [0.1, 0.15) is 23.1 Å². The Kier molecular flexibility index (Phi) is 12.2. The second-order valence-electron chi connectivity index (χ2n) is 10.9. The van der Waals surface area contributed by atoms with Crippen molar-refractivity contribution in [2.75, 3.05) is 12.0 Å². The van der Waals surface area contributed by atoms with E-state index in [4.69, 9.17) is 5.73 Å². The molecule has 4 rings (SSSR count). The molecule has 3 aromatic carbocycles. The van der Waals surface area contributed by atoms with Gasteiger partial charge >= 0.3 is 5.97 Å². The molecule has 0 saturated carbocycles. The van der Waals surface area contributed by atoms with Crippen molar-refractivity contribution in [1.82, 2.24) is 20.9 Å². The largest absolute Gasteiger partial charge is 0.480 e. The molecule has 0 fully saturated rings.